The van der Waals surface area contributed by atoms with Gasteiger partial charge in [0.15, 0.2) is 0 Å². The molecule has 114 valence electrons. The highest BCUT2D eigenvalue weighted by atomic mass is 16.3. The first-order valence-corrected chi connectivity index (χ1v) is 7.37. The molecule has 0 fully saturated rings. The molecule has 0 spiro atoms. The molecular formula is C17H24N2O2. The average Bonchev–Trinajstić information content (AvgIpc) is 2.79. The van der Waals surface area contributed by atoms with Gasteiger partial charge >= 0.3 is 0 Å². The van der Waals surface area contributed by atoms with E-state index in [1.165, 1.54) is 5.56 Å². The van der Waals surface area contributed by atoms with E-state index in [4.69, 9.17) is 0 Å². The number of nitrogens with one attached hydrogen (secondary N) is 1. The van der Waals surface area contributed by atoms with Crippen molar-refractivity contribution in [1.29, 1.82) is 0 Å². The van der Waals surface area contributed by atoms with E-state index in [-0.39, 0.29) is 5.91 Å². The monoisotopic (exact) mass is 288 g/mol. The molecule has 1 heterocycles. The van der Waals surface area contributed by atoms with Gasteiger partial charge in [-0.3, -0.25) is 4.79 Å². The number of amides is 1. The fraction of sp³-hybridized carbons (Fsp3) is 0.471. The third-order valence-corrected chi connectivity index (χ3v) is 3.65. The standard InChI is InChI=1S/C17H24N2O2/c1-5-19(11-17(3,4)21)15(20)9-13-10-18-14-8-6-7-12(2)16(13)14/h6-8,10,18,21H,5,9,11H2,1-4H3. The van der Waals surface area contributed by atoms with E-state index in [1.807, 2.05) is 25.3 Å². The largest absolute Gasteiger partial charge is 0.389 e. The Balaban J connectivity index is 2.21. The van der Waals surface area contributed by atoms with Gasteiger partial charge in [-0.15, -0.1) is 0 Å². The number of nitrogens with zero attached hydrogens (tertiary/aromatic N) is 1. The van der Waals surface area contributed by atoms with Crippen molar-refractivity contribution in [3.8, 4) is 0 Å². The molecule has 0 saturated heterocycles. The van der Waals surface area contributed by atoms with Crippen molar-refractivity contribution < 1.29 is 9.90 Å². The number of fused-ring (bicyclic) bond motifs is 1. The van der Waals surface area contributed by atoms with Gasteiger partial charge in [0.1, 0.15) is 0 Å². The molecule has 0 aliphatic rings. The molecule has 2 N–H and O–H groups in total. The number of carbonyl (C=O) groups excluding carboxylic acids is 1. The lowest BCUT2D eigenvalue weighted by Gasteiger charge is -2.28. The van der Waals surface area contributed by atoms with Crippen LogP contribution < -0.4 is 0 Å². The first-order chi connectivity index (χ1) is 9.81. The van der Waals surface area contributed by atoms with Crippen molar-refractivity contribution in [3.63, 3.8) is 0 Å². The fourth-order valence-corrected chi connectivity index (χ4v) is 2.71. The molecule has 2 aromatic rings. The van der Waals surface area contributed by atoms with Crippen LogP contribution in [-0.2, 0) is 11.2 Å². The van der Waals surface area contributed by atoms with E-state index in [0.717, 1.165) is 16.5 Å². The van der Waals surface area contributed by atoms with Gasteiger partial charge in [-0.2, -0.15) is 0 Å². The second-order valence-corrected chi connectivity index (χ2v) is 6.21. The number of likely N-dealkylation sites (N-methyl/N-ethyl adjacent to an activating group) is 1. The molecule has 0 radical (unpaired) electrons. The van der Waals surface area contributed by atoms with Crippen molar-refractivity contribution in [1.82, 2.24) is 9.88 Å². The Morgan fingerprint density at radius 3 is 2.71 bits per heavy atom. The van der Waals surface area contributed by atoms with Gasteiger partial charge in [0.25, 0.3) is 0 Å². The Hall–Kier alpha value is -1.81. The van der Waals surface area contributed by atoms with Gasteiger partial charge in [-0.1, -0.05) is 12.1 Å². The van der Waals surface area contributed by atoms with E-state index < -0.39 is 5.60 Å². The zero-order valence-electron chi connectivity index (χ0n) is 13.2. The maximum Gasteiger partial charge on any atom is 0.227 e. The molecule has 0 bridgehead atoms. The average molecular weight is 288 g/mol. The molecule has 0 aliphatic carbocycles. The van der Waals surface area contributed by atoms with E-state index in [0.29, 0.717) is 19.5 Å². The zero-order chi connectivity index (χ0) is 15.6. The molecule has 0 saturated carbocycles. The molecule has 4 nitrogen and oxygen atoms in total. The van der Waals surface area contributed by atoms with Crippen LogP contribution in [0.2, 0.25) is 0 Å². The van der Waals surface area contributed by atoms with Crippen LogP contribution in [0.5, 0.6) is 0 Å². The number of hydrogen-bond acceptors (Lipinski definition) is 2. The van der Waals surface area contributed by atoms with Crippen LogP contribution in [0.3, 0.4) is 0 Å². The predicted octanol–water partition coefficient (Wildman–Crippen LogP) is 2.64. The third-order valence-electron chi connectivity index (χ3n) is 3.65. The van der Waals surface area contributed by atoms with E-state index >= 15 is 0 Å². The van der Waals surface area contributed by atoms with Crippen LogP contribution in [0.15, 0.2) is 24.4 Å². The van der Waals surface area contributed by atoms with Gasteiger partial charge in [0.2, 0.25) is 5.91 Å². The second kappa shape index (κ2) is 5.90. The van der Waals surface area contributed by atoms with Gasteiger partial charge in [0.05, 0.1) is 12.0 Å². The minimum atomic E-state index is -0.873. The predicted molar refractivity (Wildman–Crippen MR) is 85.3 cm³/mol. The summed E-state index contributed by atoms with van der Waals surface area (Å²) in [5.74, 6) is 0.0452. The molecule has 0 unspecified atom stereocenters. The van der Waals surface area contributed by atoms with Crippen LogP contribution >= 0.6 is 0 Å². The summed E-state index contributed by atoms with van der Waals surface area (Å²) in [7, 11) is 0. The molecule has 4 heteroatoms. The van der Waals surface area contributed by atoms with Crippen molar-refractivity contribution in [2.75, 3.05) is 13.1 Å². The summed E-state index contributed by atoms with van der Waals surface area (Å²) in [4.78, 5) is 17.4. The number of benzene rings is 1. The second-order valence-electron chi connectivity index (χ2n) is 6.21. The highest BCUT2D eigenvalue weighted by Crippen LogP contribution is 2.23. The highest BCUT2D eigenvalue weighted by molar-refractivity contribution is 5.91. The van der Waals surface area contributed by atoms with E-state index in [1.54, 1.807) is 18.7 Å². The van der Waals surface area contributed by atoms with Gasteiger partial charge in [-0.05, 0) is 44.9 Å². The fourth-order valence-electron chi connectivity index (χ4n) is 2.71. The first kappa shape index (κ1) is 15.6. The SMILES string of the molecule is CCN(CC(C)(C)O)C(=O)Cc1c[nH]c2cccc(C)c12. The number of rotatable bonds is 5. The normalized spacial score (nSPS) is 11.9. The third kappa shape index (κ3) is 3.64. The number of H-pyrrole nitrogens is 1. The summed E-state index contributed by atoms with van der Waals surface area (Å²) in [6.45, 7) is 8.38. The summed E-state index contributed by atoms with van der Waals surface area (Å²) in [6, 6.07) is 6.08. The van der Waals surface area contributed by atoms with E-state index in [2.05, 4.69) is 18.0 Å². The minimum Gasteiger partial charge on any atom is -0.389 e. The van der Waals surface area contributed by atoms with Crippen molar-refractivity contribution in [3.05, 3.63) is 35.5 Å². The summed E-state index contributed by atoms with van der Waals surface area (Å²) >= 11 is 0. The number of carbonyl (C=O) groups is 1. The van der Waals surface area contributed by atoms with Gasteiger partial charge in [0, 0.05) is 30.2 Å². The highest BCUT2D eigenvalue weighted by Gasteiger charge is 2.22. The lowest BCUT2D eigenvalue weighted by atomic mass is 10.0. The smallest absolute Gasteiger partial charge is 0.227 e. The quantitative estimate of drug-likeness (QED) is 0.888. The molecule has 2 rings (SSSR count). The lowest BCUT2D eigenvalue weighted by Crippen LogP contribution is -2.42. The Morgan fingerprint density at radius 1 is 1.38 bits per heavy atom. The van der Waals surface area contributed by atoms with Gasteiger partial charge < -0.3 is 15.0 Å². The molecule has 21 heavy (non-hydrogen) atoms. The van der Waals surface area contributed by atoms with Crippen LogP contribution in [0.1, 0.15) is 31.9 Å². The van der Waals surface area contributed by atoms with E-state index in [9.17, 15) is 9.90 Å². The van der Waals surface area contributed by atoms with Gasteiger partial charge in [-0.25, -0.2) is 0 Å². The van der Waals surface area contributed by atoms with Crippen LogP contribution in [0.4, 0.5) is 0 Å². The number of aliphatic hydroxyl groups is 1. The topological polar surface area (TPSA) is 56.3 Å². The molecule has 0 atom stereocenters. The molecule has 0 aliphatic heterocycles. The maximum atomic E-state index is 12.5. The number of aromatic nitrogens is 1. The molecule has 1 amide bonds. The van der Waals surface area contributed by atoms with Crippen LogP contribution in [-0.4, -0.2) is 39.6 Å². The number of aryl methyl sites for hydroxylation is 1. The Bertz CT molecular complexity index is 638. The summed E-state index contributed by atoms with van der Waals surface area (Å²) in [5, 5.41) is 11.0. The Morgan fingerprint density at radius 2 is 2.10 bits per heavy atom. The van der Waals surface area contributed by atoms with Crippen LogP contribution in [0.25, 0.3) is 10.9 Å². The minimum absolute atomic E-state index is 0.0452. The Labute approximate surface area is 125 Å². The summed E-state index contributed by atoms with van der Waals surface area (Å²) in [6.07, 6.45) is 2.27. The molecule has 1 aromatic carbocycles. The maximum absolute atomic E-state index is 12.5. The van der Waals surface area contributed by atoms with Crippen molar-refractivity contribution in [2.24, 2.45) is 0 Å². The Kier molecular flexibility index (Phi) is 4.37. The zero-order valence-corrected chi connectivity index (χ0v) is 13.2. The first-order valence-electron chi connectivity index (χ1n) is 7.37. The summed E-state index contributed by atoms with van der Waals surface area (Å²) in [5.41, 5.74) is 2.37. The number of hydrogen-bond donors (Lipinski definition) is 2. The molecular weight excluding hydrogens is 264 g/mol. The van der Waals surface area contributed by atoms with Crippen molar-refractivity contribution >= 4 is 16.8 Å². The molecule has 1 aromatic heterocycles. The van der Waals surface area contributed by atoms with Crippen LogP contribution in [0, 0.1) is 6.92 Å². The lowest BCUT2D eigenvalue weighted by molar-refractivity contribution is -0.133. The summed E-state index contributed by atoms with van der Waals surface area (Å²) < 4.78 is 0. The van der Waals surface area contributed by atoms with Crippen molar-refractivity contribution in [2.45, 2.75) is 39.7 Å². The number of aromatic amines is 1.